The molecule has 0 amide bonds. The fourth-order valence-corrected chi connectivity index (χ4v) is 3.72. The molecule has 0 aromatic heterocycles. The summed E-state index contributed by atoms with van der Waals surface area (Å²) in [4.78, 5) is 42.4. The highest BCUT2D eigenvalue weighted by molar-refractivity contribution is 8.76. The molecule has 0 aliphatic carbocycles. The summed E-state index contributed by atoms with van der Waals surface area (Å²) in [6.07, 6.45) is -1.03. The fourth-order valence-electron chi connectivity index (χ4n) is 1.12. The first-order valence-electron chi connectivity index (χ1n) is 5.37. The van der Waals surface area contributed by atoms with Crippen LogP contribution in [0, 0.1) is 11.8 Å². The second-order valence-corrected chi connectivity index (χ2v) is 6.39. The Kier molecular flexibility index (Phi) is 8.81. The van der Waals surface area contributed by atoms with Crippen molar-refractivity contribution in [2.24, 2.45) is 11.8 Å². The lowest BCUT2D eigenvalue weighted by Gasteiger charge is -2.11. The molecule has 8 nitrogen and oxygen atoms in total. The lowest BCUT2D eigenvalue weighted by atomic mass is 10.1. The molecule has 0 aromatic carbocycles. The van der Waals surface area contributed by atoms with E-state index < -0.39 is 48.6 Å². The Morgan fingerprint density at radius 1 is 0.700 bits per heavy atom. The van der Waals surface area contributed by atoms with Crippen LogP contribution in [-0.4, -0.2) is 55.8 Å². The average molecular weight is 326 g/mol. The van der Waals surface area contributed by atoms with Crippen molar-refractivity contribution >= 4 is 45.5 Å². The lowest BCUT2D eigenvalue weighted by molar-refractivity contribution is -0.147. The third-order valence-corrected chi connectivity index (χ3v) is 4.72. The Bertz CT molecular complexity index is 347. The zero-order valence-electron chi connectivity index (χ0n) is 10.2. The van der Waals surface area contributed by atoms with Crippen molar-refractivity contribution in [1.82, 2.24) is 0 Å². The third-order valence-electron chi connectivity index (χ3n) is 2.16. The molecule has 0 bridgehead atoms. The van der Waals surface area contributed by atoms with Gasteiger partial charge in [-0.1, -0.05) is 21.6 Å². The molecule has 4 N–H and O–H groups in total. The molecular weight excluding hydrogens is 312 g/mol. The van der Waals surface area contributed by atoms with Crippen LogP contribution in [0.4, 0.5) is 0 Å². The van der Waals surface area contributed by atoms with Gasteiger partial charge in [-0.3, -0.25) is 19.2 Å². The van der Waals surface area contributed by atoms with Gasteiger partial charge in [-0.05, 0) is 0 Å². The monoisotopic (exact) mass is 326 g/mol. The van der Waals surface area contributed by atoms with E-state index in [0.717, 1.165) is 21.6 Å². The second-order valence-electron chi connectivity index (χ2n) is 3.84. The van der Waals surface area contributed by atoms with E-state index in [2.05, 4.69) is 0 Å². The lowest BCUT2D eigenvalue weighted by Crippen LogP contribution is -2.21. The topological polar surface area (TPSA) is 149 Å². The van der Waals surface area contributed by atoms with Gasteiger partial charge in [0.05, 0.1) is 24.7 Å². The molecule has 0 saturated heterocycles. The van der Waals surface area contributed by atoms with Gasteiger partial charge in [0.2, 0.25) is 0 Å². The van der Waals surface area contributed by atoms with E-state index in [-0.39, 0.29) is 11.5 Å². The summed E-state index contributed by atoms with van der Waals surface area (Å²) >= 11 is 0. The molecule has 0 heterocycles. The molecule has 0 aliphatic rings. The summed E-state index contributed by atoms with van der Waals surface area (Å²) in [6.45, 7) is 0. The molecule has 0 aromatic rings. The van der Waals surface area contributed by atoms with Crippen LogP contribution in [0.1, 0.15) is 12.8 Å². The standard InChI is InChI=1S/C10H14O8S2/c11-7(12)1-5(9(15)16)3-19-20-4-6(10(17)18)2-8(13)14/h5-6H,1-4H2,(H,11,12)(H,13,14)(H,15,16)(H,17,18). The molecule has 10 heteroatoms. The van der Waals surface area contributed by atoms with Crippen LogP contribution in [0.25, 0.3) is 0 Å². The molecular formula is C10H14O8S2. The first-order valence-corrected chi connectivity index (χ1v) is 7.86. The number of carbonyl (C=O) groups is 4. The summed E-state index contributed by atoms with van der Waals surface area (Å²) in [5.41, 5.74) is 0. The van der Waals surface area contributed by atoms with Gasteiger partial charge < -0.3 is 20.4 Å². The van der Waals surface area contributed by atoms with Gasteiger partial charge in [0.1, 0.15) is 0 Å². The highest BCUT2D eigenvalue weighted by Gasteiger charge is 2.23. The van der Waals surface area contributed by atoms with Crippen LogP contribution in [0.5, 0.6) is 0 Å². The summed E-state index contributed by atoms with van der Waals surface area (Å²) in [6, 6.07) is 0. The summed E-state index contributed by atoms with van der Waals surface area (Å²) in [5, 5.41) is 34.6. The van der Waals surface area contributed by atoms with Gasteiger partial charge in [0.25, 0.3) is 0 Å². The largest absolute Gasteiger partial charge is 0.481 e. The third kappa shape index (κ3) is 8.64. The van der Waals surface area contributed by atoms with E-state index in [1.165, 1.54) is 0 Å². The van der Waals surface area contributed by atoms with E-state index in [1.54, 1.807) is 0 Å². The van der Waals surface area contributed by atoms with Crippen molar-refractivity contribution < 1.29 is 39.6 Å². The normalized spacial score (nSPS) is 13.4. The van der Waals surface area contributed by atoms with Gasteiger partial charge in [-0.25, -0.2) is 0 Å². The molecule has 0 radical (unpaired) electrons. The minimum Gasteiger partial charge on any atom is -0.481 e. The molecule has 0 fully saturated rings. The highest BCUT2D eigenvalue weighted by atomic mass is 33.1. The van der Waals surface area contributed by atoms with E-state index >= 15 is 0 Å². The van der Waals surface area contributed by atoms with E-state index in [1.807, 2.05) is 0 Å². The first-order chi connectivity index (χ1) is 9.23. The number of carboxylic acid groups (broad SMARTS) is 4. The maximum absolute atomic E-state index is 10.8. The zero-order chi connectivity index (χ0) is 15.7. The van der Waals surface area contributed by atoms with Crippen LogP contribution < -0.4 is 0 Å². The van der Waals surface area contributed by atoms with Crippen LogP contribution >= 0.6 is 21.6 Å². The quantitative estimate of drug-likeness (QED) is 0.316. The van der Waals surface area contributed by atoms with Gasteiger partial charge in [0.15, 0.2) is 0 Å². The molecule has 0 spiro atoms. The smallest absolute Gasteiger partial charge is 0.307 e. The van der Waals surface area contributed by atoms with Crippen molar-refractivity contribution in [3.8, 4) is 0 Å². The number of carboxylic acids is 4. The molecule has 20 heavy (non-hydrogen) atoms. The first kappa shape index (κ1) is 18.6. The highest BCUT2D eigenvalue weighted by Crippen LogP contribution is 2.28. The van der Waals surface area contributed by atoms with Crippen molar-refractivity contribution in [3.63, 3.8) is 0 Å². The van der Waals surface area contributed by atoms with Crippen molar-refractivity contribution in [2.75, 3.05) is 11.5 Å². The second kappa shape index (κ2) is 9.48. The van der Waals surface area contributed by atoms with Gasteiger partial charge in [0, 0.05) is 11.5 Å². The number of rotatable bonds is 11. The van der Waals surface area contributed by atoms with Crippen LogP contribution in [0.3, 0.4) is 0 Å². The van der Waals surface area contributed by atoms with Crippen LogP contribution in [0.2, 0.25) is 0 Å². The number of aliphatic carboxylic acids is 4. The van der Waals surface area contributed by atoms with Crippen molar-refractivity contribution in [1.29, 1.82) is 0 Å². The predicted molar refractivity (Wildman–Crippen MR) is 71.7 cm³/mol. The molecule has 2 unspecified atom stereocenters. The Balaban J connectivity index is 4.13. The predicted octanol–water partition coefficient (Wildman–Crippen LogP) is 0.719. The summed E-state index contributed by atoms with van der Waals surface area (Å²) < 4.78 is 0. The Morgan fingerprint density at radius 3 is 1.20 bits per heavy atom. The van der Waals surface area contributed by atoms with Crippen molar-refractivity contribution in [3.05, 3.63) is 0 Å². The minimum atomic E-state index is -1.24. The summed E-state index contributed by atoms with van der Waals surface area (Å²) in [7, 11) is 2.04. The maximum Gasteiger partial charge on any atom is 0.307 e. The molecule has 0 saturated carbocycles. The van der Waals surface area contributed by atoms with E-state index in [9.17, 15) is 19.2 Å². The minimum absolute atomic E-state index is 0.00567. The Labute approximate surface area is 121 Å². The SMILES string of the molecule is O=C(O)CC(CSSCC(CC(=O)O)C(=O)O)C(=O)O. The molecule has 0 rings (SSSR count). The number of hydrogen-bond donors (Lipinski definition) is 4. The van der Waals surface area contributed by atoms with Crippen LogP contribution in [-0.2, 0) is 19.2 Å². The van der Waals surface area contributed by atoms with E-state index in [4.69, 9.17) is 20.4 Å². The fraction of sp³-hybridized carbons (Fsp3) is 0.600. The summed E-state index contributed by atoms with van der Waals surface area (Å²) in [5.74, 6) is -7.03. The Hall–Kier alpha value is -1.42. The Morgan fingerprint density at radius 2 is 1.00 bits per heavy atom. The molecule has 114 valence electrons. The number of hydrogen-bond acceptors (Lipinski definition) is 6. The van der Waals surface area contributed by atoms with E-state index in [0.29, 0.717) is 0 Å². The van der Waals surface area contributed by atoms with Crippen LogP contribution in [0.15, 0.2) is 0 Å². The molecule has 2 atom stereocenters. The zero-order valence-corrected chi connectivity index (χ0v) is 11.9. The maximum atomic E-state index is 10.8. The average Bonchev–Trinajstić information content (AvgIpc) is 2.29. The van der Waals surface area contributed by atoms with Gasteiger partial charge in [-0.15, -0.1) is 0 Å². The van der Waals surface area contributed by atoms with Gasteiger partial charge in [-0.2, -0.15) is 0 Å². The van der Waals surface area contributed by atoms with Crippen molar-refractivity contribution in [2.45, 2.75) is 12.8 Å². The van der Waals surface area contributed by atoms with Gasteiger partial charge >= 0.3 is 23.9 Å². The molecule has 0 aliphatic heterocycles.